The molecule has 1 aromatic rings. The number of thiol groups is 1. The molecule has 0 amide bonds. The topological polar surface area (TPSA) is 74.6 Å². The third-order valence-electron chi connectivity index (χ3n) is 2.09. The Bertz CT molecular complexity index is 428. The molecule has 1 aromatic carbocycles. The van der Waals surface area contributed by atoms with Gasteiger partial charge in [-0.1, -0.05) is 6.07 Å². The van der Waals surface area contributed by atoms with Crippen molar-refractivity contribution in [3.05, 3.63) is 29.3 Å². The monoisotopic (exact) mass is 240 g/mol. The van der Waals surface area contributed by atoms with E-state index in [-0.39, 0.29) is 17.8 Å². The van der Waals surface area contributed by atoms with Crippen LogP contribution >= 0.6 is 12.6 Å². The molecule has 0 saturated carbocycles. The molecule has 5 heteroatoms. The molecule has 4 nitrogen and oxygen atoms in total. The van der Waals surface area contributed by atoms with E-state index >= 15 is 0 Å². The van der Waals surface area contributed by atoms with Crippen molar-refractivity contribution in [2.24, 2.45) is 0 Å². The Morgan fingerprint density at radius 3 is 2.56 bits per heavy atom. The molecule has 0 saturated heterocycles. The zero-order valence-electron chi connectivity index (χ0n) is 8.67. The normalized spacial score (nSPS) is 12.2. The summed E-state index contributed by atoms with van der Waals surface area (Å²) in [4.78, 5) is 22.3. The summed E-state index contributed by atoms with van der Waals surface area (Å²) in [5.41, 5.74) is 0.732. The van der Waals surface area contributed by atoms with Gasteiger partial charge in [-0.15, -0.1) is 12.6 Å². The van der Waals surface area contributed by atoms with Crippen molar-refractivity contribution in [3.63, 3.8) is 0 Å². The number of carboxylic acids is 1. The predicted octanol–water partition coefficient (Wildman–Crippen LogP) is 1.22. The number of aliphatic hydroxyl groups excluding tert-OH is 1. The third kappa shape index (κ3) is 3.08. The Balaban J connectivity index is 3.16. The molecule has 0 spiro atoms. The number of hydrogen-bond donors (Lipinski definition) is 3. The van der Waals surface area contributed by atoms with Crippen molar-refractivity contribution < 1.29 is 19.8 Å². The van der Waals surface area contributed by atoms with E-state index < -0.39 is 12.1 Å². The molecule has 16 heavy (non-hydrogen) atoms. The van der Waals surface area contributed by atoms with Crippen molar-refractivity contribution >= 4 is 24.4 Å². The van der Waals surface area contributed by atoms with E-state index in [2.05, 4.69) is 12.6 Å². The first-order valence-electron chi connectivity index (χ1n) is 4.64. The highest BCUT2D eigenvalue weighted by Gasteiger charge is 2.19. The second-order valence-electron chi connectivity index (χ2n) is 3.50. The largest absolute Gasteiger partial charge is 0.479 e. The van der Waals surface area contributed by atoms with Crippen molar-refractivity contribution in [1.82, 2.24) is 0 Å². The highest BCUT2D eigenvalue weighted by atomic mass is 32.1. The highest BCUT2D eigenvalue weighted by molar-refractivity contribution is 7.80. The van der Waals surface area contributed by atoms with Gasteiger partial charge in [-0.25, -0.2) is 4.79 Å². The predicted molar refractivity (Wildman–Crippen MR) is 60.7 cm³/mol. The number of Topliss-reactive ketones (excluding diaryl/α,β-unsaturated/α-hetero) is 1. The number of aliphatic hydroxyl groups is 1. The molecule has 1 rings (SSSR count). The molecule has 86 valence electrons. The lowest BCUT2D eigenvalue weighted by Crippen LogP contribution is -2.14. The van der Waals surface area contributed by atoms with Gasteiger partial charge in [0.25, 0.3) is 0 Å². The summed E-state index contributed by atoms with van der Waals surface area (Å²) in [5.74, 6) is -1.44. The molecule has 0 bridgehead atoms. The van der Waals surface area contributed by atoms with Crippen molar-refractivity contribution in [1.29, 1.82) is 0 Å². The van der Waals surface area contributed by atoms with Gasteiger partial charge >= 0.3 is 5.97 Å². The second kappa shape index (κ2) is 5.14. The number of carboxylic acid groups (broad SMARTS) is 1. The number of rotatable bonds is 4. The van der Waals surface area contributed by atoms with E-state index in [4.69, 9.17) is 5.11 Å². The molecule has 0 aliphatic rings. The Labute approximate surface area is 98.3 Å². The van der Waals surface area contributed by atoms with E-state index in [9.17, 15) is 14.7 Å². The zero-order valence-corrected chi connectivity index (χ0v) is 9.57. The molecule has 1 atom stereocenters. The summed E-state index contributed by atoms with van der Waals surface area (Å²) in [6.07, 6.45) is -1.52. The van der Waals surface area contributed by atoms with Crippen LogP contribution in [0, 0.1) is 0 Å². The smallest absolute Gasteiger partial charge is 0.337 e. The van der Waals surface area contributed by atoms with Crippen LogP contribution in [0.1, 0.15) is 24.2 Å². The van der Waals surface area contributed by atoms with E-state index in [1.807, 2.05) is 0 Å². The quantitative estimate of drug-likeness (QED) is 0.692. The third-order valence-corrected chi connectivity index (χ3v) is 2.37. The van der Waals surface area contributed by atoms with Crippen molar-refractivity contribution in [2.45, 2.75) is 24.3 Å². The lowest BCUT2D eigenvalue weighted by atomic mass is 9.98. The van der Waals surface area contributed by atoms with Gasteiger partial charge in [0.15, 0.2) is 6.10 Å². The number of benzene rings is 1. The maximum absolute atomic E-state index is 11.0. The first-order chi connectivity index (χ1) is 7.41. The maximum atomic E-state index is 11.0. The summed E-state index contributed by atoms with van der Waals surface area (Å²) in [6.45, 7) is 1.40. The Morgan fingerprint density at radius 2 is 2.06 bits per heavy atom. The van der Waals surface area contributed by atoms with Crippen molar-refractivity contribution in [3.8, 4) is 0 Å². The number of aliphatic carboxylic acids is 1. The minimum absolute atomic E-state index is 0.0913. The standard InChI is InChI=1S/C11H12O4S/c1-6(12)4-7-5-8(16)2-3-9(7)10(13)11(14)15/h2-3,5,10,13,16H,4H2,1H3,(H,14,15). The second-order valence-corrected chi connectivity index (χ2v) is 4.02. The van der Waals surface area contributed by atoms with Gasteiger partial charge in [0.2, 0.25) is 0 Å². The Morgan fingerprint density at radius 1 is 1.44 bits per heavy atom. The molecule has 0 aliphatic carbocycles. The zero-order chi connectivity index (χ0) is 12.3. The minimum atomic E-state index is -1.61. The highest BCUT2D eigenvalue weighted by Crippen LogP contribution is 2.22. The summed E-state index contributed by atoms with van der Waals surface area (Å²) in [7, 11) is 0. The van der Waals surface area contributed by atoms with Gasteiger partial charge in [0.05, 0.1) is 0 Å². The molecule has 2 N–H and O–H groups in total. The number of hydrogen-bond acceptors (Lipinski definition) is 4. The van der Waals surface area contributed by atoms with Gasteiger partial charge in [-0.05, 0) is 30.2 Å². The SMILES string of the molecule is CC(=O)Cc1cc(S)ccc1C(O)C(=O)O. The fraction of sp³-hybridized carbons (Fsp3) is 0.273. The Kier molecular flexibility index (Phi) is 4.09. The van der Waals surface area contributed by atoms with Crippen LogP contribution in [0.15, 0.2) is 23.1 Å². The summed E-state index contributed by atoms with van der Waals surface area (Å²) >= 11 is 4.10. The van der Waals surface area contributed by atoms with Crippen molar-refractivity contribution in [2.75, 3.05) is 0 Å². The summed E-state index contributed by atoms with van der Waals surface area (Å²) in [6, 6.07) is 4.64. The van der Waals surface area contributed by atoms with Crippen LogP contribution in [-0.4, -0.2) is 22.0 Å². The van der Waals surface area contributed by atoms with E-state index in [1.54, 1.807) is 12.1 Å². The molecule has 1 unspecified atom stereocenters. The maximum Gasteiger partial charge on any atom is 0.337 e. The average Bonchev–Trinajstić information content (AvgIpc) is 2.15. The fourth-order valence-corrected chi connectivity index (χ4v) is 1.64. The Hall–Kier alpha value is -1.33. The lowest BCUT2D eigenvalue weighted by molar-refractivity contribution is -0.147. The molecule has 0 aromatic heterocycles. The van der Waals surface area contributed by atoms with Gasteiger partial charge < -0.3 is 10.2 Å². The molecular formula is C11H12O4S. The number of ketones is 1. The van der Waals surface area contributed by atoms with Gasteiger partial charge in [0.1, 0.15) is 5.78 Å². The van der Waals surface area contributed by atoms with Crippen LogP contribution in [0.4, 0.5) is 0 Å². The summed E-state index contributed by atoms with van der Waals surface area (Å²) < 4.78 is 0. The molecule has 0 fully saturated rings. The van der Waals surface area contributed by atoms with E-state index in [0.717, 1.165) is 0 Å². The van der Waals surface area contributed by atoms with Crippen LogP contribution in [0.25, 0.3) is 0 Å². The van der Waals surface area contributed by atoms with Crippen LogP contribution in [0.2, 0.25) is 0 Å². The van der Waals surface area contributed by atoms with E-state index in [0.29, 0.717) is 10.5 Å². The van der Waals surface area contributed by atoms with Crippen LogP contribution in [0.5, 0.6) is 0 Å². The molecule has 0 radical (unpaired) electrons. The van der Waals surface area contributed by atoms with Gasteiger partial charge in [-0.3, -0.25) is 4.79 Å². The minimum Gasteiger partial charge on any atom is -0.479 e. The van der Waals surface area contributed by atoms with E-state index in [1.165, 1.54) is 13.0 Å². The molecule has 0 aliphatic heterocycles. The first kappa shape index (κ1) is 12.7. The van der Waals surface area contributed by atoms with Crippen LogP contribution < -0.4 is 0 Å². The number of carbonyl (C=O) groups is 2. The first-order valence-corrected chi connectivity index (χ1v) is 5.08. The molecule has 0 heterocycles. The summed E-state index contributed by atoms with van der Waals surface area (Å²) in [5, 5.41) is 18.2. The lowest BCUT2D eigenvalue weighted by Gasteiger charge is -2.11. The van der Waals surface area contributed by atoms with Gasteiger partial charge in [0, 0.05) is 11.3 Å². The molecular weight excluding hydrogens is 228 g/mol. The van der Waals surface area contributed by atoms with Gasteiger partial charge in [-0.2, -0.15) is 0 Å². The van der Waals surface area contributed by atoms with Crippen LogP contribution in [-0.2, 0) is 16.0 Å². The average molecular weight is 240 g/mol. The van der Waals surface area contributed by atoms with Crippen LogP contribution in [0.3, 0.4) is 0 Å². The number of carbonyl (C=O) groups excluding carboxylic acids is 1. The fourth-order valence-electron chi connectivity index (χ4n) is 1.41.